The first-order valence-corrected chi connectivity index (χ1v) is 6.88. The predicted molar refractivity (Wildman–Crippen MR) is 74.8 cm³/mol. The molecule has 100 valence electrons. The van der Waals surface area contributed by atoms with Crippen LogP contribution in [0.3, 0.4) is 0 Å². The highest BCUT2D eigenvalue weighted by Crippen LogP contribution is 2.24. The van der Waals surface area contributed by atoms with E-state index < -0.39 is 0 Å². The van der Waals surface area contributed by atoms with Crippen LogP contribution in [0.15, 0.2) is 24.3 Å². The lowest BCUT2D eigenvalue weighted by atomic mass is 10.0. The van der Waals surface area contributed by atoms with Crippen molar-refractivity contribution in [1.29, 1.82) is 0 Å². The monoisotopic (exact) mass is 248 g/mol. The summed E-state index contributed by atoms with van der Waals surface area (Å²) < 4.78 is 5.19. The summed E-state index contributed by atoms with van der Waals surface area (Å²) in [6.45, 7) is 2.22. The largest absolute Gasteiger partial charge is 0.497 e. The summed E-state index contributed by atoms with van der Waals surface area (Å²) in [6, 6.07) is 9.73. The number of hydrogen-bond donors (Lipinski definition) is 2. The van der Waals surface area contributed by atoms with Gasteiger partial charge in [0.2, 0.25) is 0 Å². The maximum Gasteiger partial charge on any atom is 0.118 e. The van der Waals surface area contributed by atoms with E-state index in [4.69, 9.17) is 10.5 Å². The van der Waals surface area contributed by atoms with Gasteiger partial charge in [0, 0.05) is 18.1 Å². The molecule has 3 nitrogen and oxygen atoms in total. The van der Waals surface area contributed by atoms with Crippen molar-refractivity contribution >= 4 is 0 Å². The second-order valence-electron chi connectivity index (χ2n) is 5.17. The Labute approximate surface area is 110 Å². The molecule has 0 aromatic heterocycles. The molecule has 1 aromatic rings. The quantitative estimate of drug-likeness (QED) is 0.842. The van der Waals surface area contributed by atoms with Crippen molar-refractivity contribution in [3.05, 3.63) is 29.8 Å². The third-order valence-corrected chi connectivity index (χ3v) is 3.84. The topological polar surface area (TPSA) is 47.3 Å². The third-order valence-electron chi connectivity index (χ3n) is 3.84. The lowest BCUT2D eigenvalue weighted by molar-refractivity contribution is 0.411. The van der Waals surface area contributed by atoms with Gasteiger partial charge in [-0.25, -0.2) is 0 Å². The molecule has 1 aromatic carbocycles. The number of ether oxygens (including phenoxy) is 1. The Morgan fingerprint density at radius 2 is 2.06 bits per heavy atom. The van der Waals surface area contributed by atoms with Gasteiger partial charge in [-0.15, -0.1) is 0 Å². The van der Waals surface area contributed by atoms with Crippen LogP contribution in [0, 0.1) is 0 Å². The number of methoxy groups -OCH3 is 1. The Balaban J connectivity index is 1.98. The standard InChI is InChI=1S/C15H24N2O/c1-3-15(17-13-7-6-12(16)10-13)11-4-8-14(18-2)9-5-11/h4-5,8-9,12-13,15,17H,3,6-7,10,16H2,1-2H3. The van der Waals surface area contributed by atoms with E-state index in [1.165, 1.54) is 12.0 Å². The van der Waals surface area contributed by atoms with Gasteiger partial charge >= 0.3 is 0 Å². The first-order valence-electron chi connectivity index (χ1n) is 6.88. The van der Waals surface area contributed by atoms with Gasteiger partial charge in [-0.2, -0.15) is 0 Å². The van der Waals surface area contributed by atoms with Crippen molar-refractivity contribution in [2.75, 3.05) is 7.11 Å². The summed E-state index contributed by atoms with van der Waals surface area (Å²) in [5, 5.41) is 3.73. The molecule has 1 aliphatic rings. The Bertz CT molecular complexity index is 363. The predicted octanol–water partition coefficient (Wildman–Crippen LogP) is 2.62. The molecule has 3 atom stereocenters. The molecule has 0 heterocycles. The molecule has 0 spiro atoms. The minimum atomic E-state index is 0.385. The van der Waals surface area contributed by atoms with Crippen LogP contribution in [0.25, 0.3) is 0 Å². The second-order valence-corrected chi connectivity index (χ2v) is 5.17. The van der Waals surface area contributed by atoms with Gasteiger partial charge in [0.1, 0.15) is 5.75 Å². The lowest BCUT2D eigenvalue weighted by Gasteiger charge is -2.22. The summed E-state index contributed by atoms with van der Waals surface area (Å²) in [7, 11) is 1.70. The highest BCUT2D eigenvalue weighted by molar-refractivity contribution is 5.29. The maximum absolute atomic E-state index is 5.96. The molecular formula is C15H24N2O. The third kappa shape index (κ3) is 3.24. The molecule has 3 heteroatoms. The second kappa shape index (κ2) is 6.21. The summed E-state index contributed by atoms with van der Waals surface area (Å²) in [6.07, 6.45) is 4.55. The molecule has 1 fully saturated rings. The first kappa shape index (κ1) is 13.4. The fourth-order valence-corrected chi connectivity index (χ4v) is 2.74. The molecule has 2 rings (SSSR count). The zero-order valence-corrected chi connectivity index (χ0v) is 11.4. The minimum absolute atomic E-state index is 0.385. The van der Waals surface area contributed by atoms with Crippen LogP contribution in [0.1, 0.15) is 44.2 Å². The maximum atomic E-state index is 5.96. The van der Waals surface area contributed by atoms with Gasteiger partial charge in [-0.3, -0.25) is 0 Å². The zero-order chi connectivity index (χ0) is 13.0. The highest BCUT2D eigenvalue weighted by atomic mass is 16.5. The fourth-order valence-electron chi connectivity index (χ4n) is 2.74. The zero-order valence-electron chi connectivity index (χ0n) is 11.4. The Morgan fingerprint density at radius 3 is 2.56 bits per heavy atom. The molecule has 0 amide bonds. The van der Waals surface area contributed by atoms with Gasteiger partial charge in [-0.1, -0.05) is 19.1 Å². The molecule has 3 N–H and O–H groups in total. The van der Waals surface area contributed by atoms with Gasteiger partial charge in [0.05, 0.1) is 7.11 Å². The highest BCUT2D eigenvalue weighted by Gasteiger charge is 2.23. The number of hydrogen-bond acceptors (Lipinski definition) is 3. The molecule has 3 unspecified atom stereocenters. The summed E-state index contributed by atoms with van der Waals surface area (Å²) in [5.74, 6) is 0.913. The van der Waals surface area contributed by atoms with Crippen molar-refractivity contribution in [2.45, 2.75) is 50.7 Å². The summed E-state index contributed by atoms with van der Waals surface area (Å²) in [5.41, 5.74) is 7.29. The Morgan fingerprint density at radius 1 is 1.33 bits per heavy atom. The fraction of sp³-hybridized carbons (Fsp3) is 0.600. The van der Waals surface area contributed by atoms with Crippen LogP contribution in [0.4, 0.5) is 0 Å². The van der Waals surface area contributed by atoms with Crippen LogP contribution >= 0.6 is 0 Å². The molecule has 0 radical (unpaired) electrons. The van der Waals surface area contributed by atoms with E-state index >= 15 is 0 Å². The van der Waals surface area contributed by atoms with E-state index in [1.807, 2.05) is 12.1 Å². The molecule has 1 aliphatic carbocycles. The van der Waals surface area contributed by atoms with Crippen LogP contribution in [0.2, 0.25) is 0 Å². The first-order chi connectivity index (χ1) is 8.72. The van der Waals surface area contributed by atoms with E-state index in [2.05, 4.69) is 24.4 Å². The number of nitrogens with two attached hydrogens (primary N) is 1. The normalized spacial score (nSPS) is 25.1. The molecule has 0 aliphatic heterocycles. The van der Waals surface area contributed by atoms with Gasteiger partial charge in [-0.05, 0) is 43.4 Å². The van der Waals surface area contributed by atoms with Crippen molar-refractivity contribution in [2.24, 2.45) is 5.73 Å². The van der Waals surface area contributed by atoms with E-state index in [0.29, 0.717) is 18.1 Å². The molecular weight excluding hydrogens is 224 g/mol. The Kier molecular flexibility index (Phi) is 4.61. The smallest absolute Gasteiger partial charge is 0.118 e. The van der Waals surface area contributed by atoms with Crippen LogP contribution < -0.4 is 15.8 Å². The van der Waals surface area contributed by atoms with Crippen LogP contribution in [-0.4, -0.2) is 19.2 Å². The van der Waals surface area contributed by atoms with E-state index in [1.54, 1.807) is 7.11 Å². The molecule has 0 saturated heterocycles. The average molecular weight is 248 g/mol. The summed E-state index contributed by atoms with van der Waals surface area (Å²) >= 11 is 0. The van der Waals surface area contributed by atoms with E-state index in [9.17, 15) is 0 Å². The Hall–Kier alpha value is -1.06. The van der Waals surface area contributed by atoms with Crippen molar-refractivity contribution < 1.29 is 4.74 Å². The van der Waals surface area contributed by atoms with Crippen molar-refractivity contribution in [1.82, 2.24) is 5.32 Å². The van der Waals surface area contributed by atoms with Gasteiger partial charge in [0.25, 0.3) is 0 Å². The van der Waals surface area contributed by atoms with Crippen molar-refractivity contribution in [3.8, 4) is 5.75 Å². The lowest BCUT2D eigenvalue weighted by Crippen LogP contribution is -2.32. The number of benzene rings is 1. The van der Waals surface area contributed by atoms with Crippen molar-refractivity contribution in [3.63, 3.8) is 0 Å². The number of rotatable bonds is 5. The number of nitrogens with one attached hydrogen (secondary N) is 1. The van der Waals surface area contributed by atoms with E-state index in [-0.39, 0.29) is 0 Å². The van der Waals surface area contributed by atoms with Gasteiger partial charge in [0.15, 0.2) is 0 Å². The van der Waals surface area contributed by atoms with Gasteiger partial charge < -0.3 is 15.8 Å². The van der Waals surface area contributed by atoms with Crippen LogP contribution in [0.5, 0.6) is 5.75 Å². The minimum Gasteiger partial charge on any atom is -0.497 e. The summed E-state index contributed by atoms with van der Waals surface area (Å²) in [4.78, 5) is 0. The van der Waals surface area contributed by atoms with Crippen LogP contribution in [-0.2, 0) is 0 Å². The molecule has 1 saturated carbocycles. The average Bonchev–Trinajstić information content (AvgIpc) is 2.82. The van der Waals surface area contributed by atoms with E-state index in [0.717, 1.165) is 25.0 Å². The molecule has 0 bridgehead atoms. The molecule has 18 heavy (non-hydrogen) atoms. The SMILES string of the molecule is CCC(NC1CCC(N)C1)c1ccc(OC)cc1.